The number of nitrogens with zero attached hydrogens (tertiary/aromatic N) is 2. The third-order valence-corrected chi connectivity index (χ3v) is 7.45. The molecular formula is C23H27FN4O2S2. The van der Waals surface area contributed by atoms with Crippen molar-refractivity contribution in [1.82, 2.24) is 10.3 Å². The number of hydrogen-bond donors (Lipinski definition) is 2. The highest BCUT2D eigenvalue weighted by Gasteiger charge is 2.25. The number of thiophene rings is 1. The van der Waals surface area contributed by atoms with Gasteiger partial charge in [0.25, 0.3) is 5.91 Å². The molecule has 0 unspecified atom stereocenters. The average Bonchev–Trinajstić information content (AvgIpc) is 3.28. The number of carbonyl (C=O) groups is 2. The second-order valence-corrected chi connectivity index (χ2v) is 11.3. The first-order valence-corrected chi connectivity index (χ1v) is 12.3. The number of carbonyl (C=O) groups excluding carboxylic acids is 2. The Labute approximate surface area is 194 Å². The highest BCUT2D eigenvalue weighted by Crippen LogP contribution is 2.36. The zero-order valence-corrected chi connectivity index (χ0v) is 20.0. The summed E-state index contributed by atoms with van der Waals surface area (Å²) in [5.41, 5.74) is 0.547. The van der Waals surface area contributed by atoms with Crippen LogP contribution in [0.1, 0.15) is 49.7 Å². The van der Waals surface area contributed by atoms with Crippen LogP contribution in [-0.4, -0.2) is 35.9 Å². The lowest BCUT2D eigenvalue weighted by Crippen LogP contribution is -2.45. The first kappa shape index (κ1) is 22.7. The SMILES string of the molecule is CC(C)(C)CC(=O)NC1CCN(c2nc3sc(C(=O)Nc4ccc(F)cc4)cc3s2)CC1. The number of halogens is 1. The molecule has 0 spiro atoms. The molecule has 9 heteroatoms. The van der Waals surface area contributed by atoms with Crippen LogP contribution in [0.15, 0.2) is 30.3 Å². The van der Waals surface area contributed by atoms with Crippen LogP contribution in [0.25, 0.3) is 9.53 Å². The molecular weight excluding hydrogens is 447 g/mol. The molecule has 2 N–H and O–H groups in total. The quantitative estimate of drug-likeness (QED) is 0.528. The fourth-order valence-corrected chi connectivity index (χ4v) is 5.83. The standard InChI is InChI=1S/C23H27FN4O2S2/c1-23(2,3)13-19(29)25-16-8-10-28(11-9-16)22-27-21-18(32-22)12-17(31-21)20(30)26-15-6-4-14(24)5-7-15/h4-7,12,16H,8-11,13H2,1-3H3,(H,25,29)(H,26,30). The zero-order valence-electron chi connectivity index (χ0n) is 18.4. The van der Waals surface area contributed by atoms with Gasteiger partial charge in [0.05, 0.1) is 9.58 Å². The molecule has 170 valence electrons. The molecule has 1 aliphatic heterocycles. The van der Waals surface area contributed by atoms with Crippen molar-refractivity contribution in [1.29, 1.82) is 0 Å². The van der Waals surface area contributed by atoms with Gasteiger partial charge in [-0.05, 0) is 48.6 Å². The average molecular weight is 475 g/mol. The van der Waals surface area contributed by atoms with Gasteiger partial charge in [-0.15, -0.1) is 11.3 Å². The van der Waals surface area contributed by atoms with Crippen LogP contribution in [0.4, 0.5) is 15.2 Å². The van der Waals surface area contributed by atoms with E-state index in [0.29, 0.717) is 17.0 Å². The minimum Gasteiger partial charge on any atom is -0.353 e. The van der Waals surface area contributed by atoms with Gasteiger partial charge >= 0.3 is 0 Å². The van der Waals surface area contributed by atoms with Crippen molar-refractivity contribution in [3.8, 4) is 0 Å². The summed E-state index contributed by atoms with van der Waals surface area (Å²) < 4.78 is 14.0. The van der Waals surface area contributed by atoms with Gasteiger partial charge in [-0.3, -0.25) is 9.59 Å². The first-order chi connectivity index (χ1) is 15.2. The lowest BCUT2D eigenvalue weighted by atomic mass is 9.91. The molecule has 1 fully saturated rings. The van der Waals surface area contributed by atoms with E-state index in [0.717, 1.165) is 40.6 Å². The van der Waals surface area contributed by atoms with E-state index < -0.39 is 0 Å². The van der Waals surface area contributed by atoms with Crippen molar-refractivity contribution in [2.45, 2.75) is 46.1 Å². The van der Waals surface area contributed by atoms with Crippen LogP contribution in [0, 0.1) is 11.2 Å². The molecule has 2 aromatic heterocycles. The Morgan fingerprint density at radius 2 is 1.84 bits per heavy atom. The zero-order chi connectivity index (χ0) is 22.9. The second-order valence-electron chi connectivity index (χ2n) is 9.30. The highest BCUT2D eigenvalue weighted by molar-refractivity contribution is 7.29. The Morgan fingerprint density at radius 3 is 2.47 bits per heavy atom. The number of nitrogens with one attached hydrogen (secondary N) is 2. The molecule has 0 radical (unpaired) electrons. The maximum atomic E-state index is 13.0. The van der Waals surface area contributed by atoms with Gasteiger partial charge in [-0.1, -0.05) is 32.1 Å². The first-order valence-electron chi connectivity index (χ1n) is 10.7. The summed E-state index contributed by atoms with van der Waals surface area (Å²) in [4.78, 5) is 33.1. The molecule has 32 heavy (non-hydrogen) atoms. The second kappa shape index (κ2) is 9.15. The van der Waals surface area contributed by atoms with E-state index in [-0.39, 0.29) is 29.1 Å². The Balaban J connectivity index is 1.33. The molecule has 1 aromatic carbocycles. The minimum atomic E-state index is -0.340. The number of amides is 2. The number of hydrogen-bond acceptors (Lipinski definition) is 6. The van der Waals surface area contributed by atoms with E-state index in [9.17, 15) is 14.0 Å². The van der Waals surface area contributed by atoms with Crippen LogP contribution in [0.2, 0.25) is 0 Å². The van der Waals surface area contributed by atoms with Crippen molar-refractivity contribution < 1.29 is 14.0 Å². The van der Waals surface area contributed by atoms with E-state index in [4.69, 9.17) is 4.98 Å². The number of fused-ring (bicyclic) bond motifs is 1. The number of aromatic nitrogens is 1. The largest absolute Gasteiger partial charge is 0.353 e. The Morgan fingerprint density at radius 1 is 1.16 bits per heavy atom. The highest BCUT2D eigenvalue weighted by atomic mass is 32.1. The van der Waals surface area contributed by atoms with E-state index >= 15 is 0 Å². The predicted molar refractivity (Wildman–Crippen MR) is 129 cm³/mol. The summed E-state index contributed by atoms with van der Waals surface area (Å²) in [5.74, 6) is -0.440. The molecule has 1 aliphatic rings. The molecule has 6 nitrogen and oxygen atoms in total. The molecule has 3 heterocycles. The van der Waals surface area contributed by atoms with E-state index in [1.54, 1.807) is 11.3 Å². The monoisotopic (exact) mass is 474 g/mol. The molecule has 0 aliphatic carbocycles. The Kier molecular flexibility index (Phi) is 6.48. The molecule has 0 saturated carbocycles. The number of anilines is 2. The summed E-state index contributed by atoms with van der Waals surface area (Å²) in [7, 11) is 0. The number of piperidine rings is 1. The smallest absolute Gasteiger partial charge is 0.265 e. The third kappa shape index (κ3) is 5.63. The molecule has 4 rings (SSSR count). The Hall–Kier alpha value is -2.52. The summed E-state index contributed by atoms with van der Waals surface area (Å²) in [6.45, 7) is 7.90. The topological polar surface area (TPSA) is 74.3 Å². The Bertz CT molecular complexity index is 1080. The fourth-order valence-electron chi connectivity index (χ4n) is 3.67. The summed E-state index contributed by atoms with van der Waals surface area (Å²) >= 11 is 2.94. The maximum Gasteiger partial charge on any atom is 0.265 e. The number of benzene rings is 1. The summed E-state index contributed by atoms with van der Waals surface area (Å²) in [6.07, 6.45) is 2.33. The van der Waals surface area contributed by atoms with Gasteiger partial charge in [0.2, 0.25) is 5.91 Å². The van der Waals surface area contributed by atoms with Crippen molar-refractivity contribution in [2.75, 3.05) is 23.3 Å². The van der Waals surface area contributed by atoms with E-state index in [1.807, 2.05) is 6.07 Å². The minimum absolute atomic E-state index is 0.00774. The van der Waals surface area contributed by atoms with Gasteiger partial charge in [0.15, 0.2) is 5.13 Å². The number of rotatable bonds is 5. The molecule has 3 aromatic rings. The van der Waals surface area contributed by atoms with Crippen molar-refractivity contribution in [3.05, 3.63) is 41.0 Å². The van der Waals surface area contributed by atoms with Crippen LogP contribution in [0.5, 0.6) is 0 Å². The molecule has 1 saturated heterocycles. The van der Waals surface area contributed by atoms with Gasteiger partial charge < -0.3 is 15.5 Å². The van der Waals surface area contributed by atoms with Crippen LogP contribution < -0.4 is 15.5 Å². The van der Waals surface area contributed by atoms with Crippen molar-refractivity contribution >= 4 is 54.8 Å². The number of thiazole rings is 1. The van der Waals surface area contributed by atoms with E-state index in [1.165, 1.54) is 35.6 Å². The normalized spacial score (nSPS) is 15.2. The van der Waals surface area contributed by atoms with Crippen molar-refractivity contribution in [3.63, 3.8) is 0 Å². The fraction of sp³-hybridized carbons (Fsp3) is 0.435. The van der Waals surface area contributed by atoms with Crippen LogP contribution in [0.3, 0.4) is 0 Å². The molecule has 0 bridgehead atoms. The maximum absolute atomic E-state index is 13.0. The van der Waals surface area contributed by atoms with Crippen LogP contribution >= 0.6 is 22.7 Å². The van der Waals surface area contributed by atoms with Gasteiger partial charge in [-0.25, -0.2) is 9.37 Å². The lowest BCUT2D eigenvalue weighted by molar-refractivity contribution is -0.123. The lowest BCUT2D eigenvalue weighted by Gasteiger charge is -2.32. The van der Waals surface area contributed by atoms with Crippen molar-refractivity contribution in [2.24, 2.45) is 5.41 Å². The van der Waals surface area contributed by atoms with Gasteiger partial charge in [0.1, 0.15) is 10.6 Å². The molecule has 0 atom stereocenters. The summed E-state index contributed by atoms with van der Waals surface area (Å²) in [6, 6.07) is 7.78. The molecule has 2 amide bonds. The predicted octanol–water partition coefficient (Wildman–Crippen LogP) is 5.27. The van der Waals surface area contributed by atoms with Gasteiger partial charge in [-0.2, -0.15) is 0 Å². The summed E-state index contributed by atoms with van der Waals surface area (Å²) in [5, 5.41) is 6.91. The third-order valence-electron chi connectivity index (χ3n) is 5.23. The van der Waals surface area contributed by atoms with Crippen LogP contribution in [-0.2, 0) is 4.79 Å². The van der Waals surface area contributed by atoms with Gasteiger partial charge in [0, 0.05) is 31.2 Å². The van der Waals surface area contributed by atoms with E-state index in [2.05, 4.69) is 36.3 Å².